The first-order valence-corrected chi connectivity index (χ1v) is 7.98. The second kappa shape index (κ2) is 6.24. The molecule has 4 nitrogen and oxygen atoms in total. The van der Waals surface area contributed by atoms with Crippen molar-refractivity contribution in [3.63, 3.8) is 0 Å². The van der Waals surface area contributed by atoms with Crippen LogP contribution < -0.4 is 0 Å². The number of carbonyl (C=O) groups excluding carboxylic acids is 2. The van der Waals surface area contributed by atoms with Crippen molar-refractivity contribution < 1.29 is 14.0 Å². The average molecular weight is 329 g/mol. The van der Waals surface area contributed by atoms with Gasteiger partial charge in [0.15, 0.2) is 5.76 Å². The lowest BCUT2D eigenvalue weighted by Gasteiger charge is -2.05. The molecular formula is C21H15NO3. The van der Waals surface area contributed by atoms with E-state index >= 15 is 0 Å². The first-order valence-electron chi connectivity index (χ1n) is 7.98. The molecule has 4 heteroatoms. The summed E-state index contributed by atoms with van der Waals surface area (Å²) in [4.78, 5) is 25.1. The second-order valence-corrected chi connectivity index (χ2v) is 5.81. The van der Waals surface area contributed by atoms with Crippen molar-refractivity contribution in [1.82, 2.24) is 4.57 Å². The minimum absolute atomic E-state index is 0.0601. The lowest BCUT2D eigenvalue weighted by Crippen LogP contribution is -2.13. The molecule has 2 aromatic carbocycles. The summed E-state index contributed by atoms with van der Waals surface area (Å²) in [5.74, 6) is -1.13. The van der Waals surface area contributed by atoms with Gasteiger partial charge in [-0.3, -0.25) is 9.59 Å². The van der Waals surface area contributed by atoms with Crippen LogP contribution in [0, 0.1) is 0 Å². The number of furan rings is 1. The van der Waals surface area contributed by atoms with E-state index in [9.17, 15) is 9.59 Å². The first kappa shape index (κ1) is 15.1. The molecular weight excluding hydrogens is 314 g/mol. The van der Waals surface area contributed by atoms with Crippen LogP contribution in [0.3, 0.4) is 0 Å². The van der Waals surface area contributed by atoms with Gasteiger partial charge in [0, 0.05) is 23.6 Å². The predicted molar refractivity (Wildman–Crippen MR) is 94.9 cm³/mol. The summed E-state index contributed by atoms with van der Waals surface area (Å²) in [5.41, 5.74) is 2.44. The van der Waals surface area contributed by atoms with E-state index in [0.29, 0.717) is 12.1 Å². The summed E-state index contributed by atoms with van der Waals surface area (Å²) < 4.78 is 7.07. The molecule has 25 heavy (non-hydrogen) atoms. The lowest BCUT2D eigenvalue weighted by atomic mass is 10.1. The number of carbonyl (C=O) groups is 2. The maximum Gasteiger partial charge on any atom is 0.268 e. The fourth-order valence-electron chi connectivity index (χ4n) is 2.98. The molecule has 0 aliphatic heterocycles. The van der Waals surface area contributed by atoms with Gasteiger partial charge in [-0.15, -0.1) is 0 Å². The lowest BCUT2D eigenvalue weighted by molar-refractivity contribution is 0.0801. The van der Waals surface area contributed by atoms with Crippen molar-refractivity contribution in [1.29, 1.82) is 0 Å². The number of hydrogen-bond donors (Lipinski definition) is 0. The summed E-state index contributed by atoms with van der Waals surface area (Å²) in [6.45, 7) is 0.629. The van der Waals surface area contributed by atoms with E-state index in [-0.39, 0.29) is 5.76 Å². The highest BCUT2D eigenvalue weighted by Gasteiger charge is 2.24. The Morgan fingerprint density at radius 3 is 2.36 bits per heavy atom. The molecule has 0 N–H and O–H groups in total. The summed E-state index contributed by atoms with van der Waals surface area (Å²) in [5, 5.41) is 0.767. The zero-order chi connectivity index (χ0) is 17.2. The molecule has 122 valence electrons. The second-order valence-electron chi connectivity index (χ2n) is 5.81. The molecule has 0 atom stereocenters. The van der Waals surface area contributed by atoms with Gasteiger partial charge in [-0.25, -0.2) is 0 Å². The summed E-state index contributed by atoms with van der Waals surface area (Å²) >= 11 is 0. The zero-order valence-corrected chi connectivity index (χ0v) is 13.4. The van der Waals surface area contributed by atoms with Crippen molar-refractivity contribution >= 4 is 22.5 Å². The van der Waals surface area contributed by atoms with Gasteiger partial charge >= 0.3 is 0 Å². The molecule has 4 aromatic rings. The normalized spacial score (nSPS) is 10.9. The molecule has 0 amide bonds. The van der Waals surface area contributed by atoms with Crippen LogP contribution in [0.15, 0.2) is 83.6 Å². The van der Waals surface area contributed by atoms with Crippen LogP contribution in [-0.4, -0.2) is 16.1 Å². The summed E-state index contributed by atoms with van der Waals surface area (Å²) in [6, 6.07) is 20.7. The van der Waals surface area contributed by atoms with Crippen molar-refractivity contribution in [2.45, 2.75) is 6.54 Å². The third-order valence-electron chi connectivity index (χ3n) is 4.18. The maximum absolute atomic E-state index is 12.7. The standard InChI is InChI=1S/C21H15NO3/c23-20(21(24)19-11-6-12-25-19)17-14-22(13-15-7-2-1-3-8-15)18-10-5-4-9-16(17)18/h1-12,14H,13H2. The number of nitrogens with zero attached hydrogens (tertiary/aromatic N) is 1. The van der Waals surface area contributed by atoms with Crippen molar-refractivity contribution in [3.05, 3.63) is 96.1 Å². The minimum Gasteiger partial charge on any atom is -0.461 e. The van der Waals surface area contributed by atoms with Crippen LogP contribution in [-0.2, 0) is 6.54 Å². The van der Waals surface area contributed by atoms with E-state index in [1.807, 2.05) is 59.2 Å². The SMILES string of the molecule is O=C(C(=O)c1cn(Cc2ccccc2)c2ccccc12)c1ccco1. The molecule has 0 fully saturated rings. The average Bonchev–Trinajstić information content (AvgIpc) is 3.30. The monoisotopic (exact) mass is 329 g/mol. The smallest absolute Gasteiger partial charge is 0.268 e. The quantitative estimate of drug-likeness (QED) is 0.404. The molecule has 2 heterocycles. The largest absolute Gasteiger partial charge is 0.461 e. The number of ketones is 2. The number of benzene rings is 2. The van der Waals surface area contributed by atoms with Gasteiger partial charge in [-0.1, -0.05) is 48.5 Å². The van der Waals surface area contributed by atoms with E-state index in [4.69, 9.17) is 4.42 Å². The van der Waals surface area contributed by atoms with Gasteiger partial charge in [-0.2, -0.15) is 0 Å². The van der Waals surface area contributed by atoms with Crippen LogP contribution >= 0.6 is 0 Å². The van der Waals surface area contributed by atoms with Gasteiger partial charge in [-0.05, 0) is 23.8 Å². The van der Waals surface area contributed by atoms with Gasteiger partial charge in [0.1, 0.15) is 0 Å². The molecule has 0 bridgehead atoms. The van der Waals surface area contributed by atoms with Gasteiger partial charge in [0.05, 0.1) is 11.8 Å². The van der Waals surface area contributed by atoms with Gasteiger partial charge in [0.25, 0.3) is 5.78 Å². The van der Waals surface area contributed by atoms with Gasteiger partial charge in [0.2, 0.25) is 5.78 Å². The topological polar surface area (TPSA) is 52.2 Å². The highest BCUT2D eigenvalue weighted by Crippen LogP contribution is 2.24. The molecule has 0 saturated carbocycles. The number of Topliss-reactive ketones (excluding diaryl/α,β-unsaturated/α-hetero) is 2. The van der Waals surface area contributed by atoms with Crippen molar-refractivity contribution in [2.75, 3.05) is 0 Å². The van der Waals surface area contributed by atoms with Crippen molar-refractivity contribution in [3.8, 4) is 0 Å². The molecule has 4 rings (SSSR count). The van der Waals surface area contributed by atoms with Crippen LogP contribution in [0.2, 0.25) is 0 Å². The predicted octanol–water partition coefficient (Wildman–Crippen LogP) is 4.35. The number of para-hydroxylation sites is 1. The Labute approximate surface area is 144 Å². The number of aromatic nitrogens is 1. The molecule has 0 saturated heterocycles. The fourth-order valence-corrected chi connectivity index (χ4v) is 2.98. The Morgan fingerprint density at radius 1 is 0.840 bits per heavy atom. The maximum atomic E-state index is 12.7. The van der Waals surface area contributed by atoms with Crippen LogP contribution in [0.5, 0.6) is 0 Å². The number of fused-ring (bicyclic) bond motifs is 1. The number of rotatable bonds is 5. The van der Waals surface area contributed by atoms with E-state index in [2.05, 4.69) is 0 Å². The van der Waals surface area contributed by atoms with E-state index < -0.39 is 11.6 Å². The Balaban J connectivity index is 1.77. The third kappa shape index (κ3) is 2.78. The Morgan fingerprint density at radius 2 is 1.60 bits per heavy atom. The number of hydrogen-bond acceptors (Lipinski definition) is 3. The summed E-state index contributed by atoms with van der Waals surface area (Å²) in [7, 11) is 0. The van der Waals surface area contributed by atoms with E-state index in [1.54, 1.807) is 12.3 Å². The first-order chi connectivity index (χ1) is 12.2. The molecule has 0 unspecified atom stereocenters. The highest BCUT2D eigenvalue weighted by atomic mass is 16.3. The minimum atomic E-state index is -0.632. The molecule has 0 radical (unpaired) electrons. The van der Waals surface area contributed by atoms with Crippen LogP contribution in [0.1, 0.15) is 26.5 Å². The third-order valence-corrected chi connectivity index (χ3v) is 4.18. The zero-order valence-electron chi connectivity index (χ0n) is 13.4. The summed E-state index contributed by atoms with van der Waals surface area (Å²) in [6.07, 6.45) is 3.14. The molecule has 2 aromatic heterocycles. The van der Waals surface area contributed by atoms with Crippen LogP contribution in [0.4, 0.5) is 0 Å². The Kier molecular flexibility index (Phi) is 3.78. The molecule has 0 spiro atoms. The highest BCUT2D eigenvalue weighted by molar-refractivity contribution is 6.50. The van der Waals surface area contributed by atoms with E-state index in [1.165, 1.54) is 12.3 Å². The Bertz CT molecular complexity index is 1040. The molecule has 0 aliphatic rings. The van der Waals surface area contributed by atoms with Crippen molar-refractivity contribution in [2.24, 2.45) is 0 Å². The fraction of sp³-hybridized carbons (Fsp3) is 0.0476. The molecule has 0 aliphatic carbocycles. The Hall–Kier alpha value is -3.40. The van der Waals surface area contributed by atoms with E-state index in [0.717, 1.165) is 16.5 Å². The van der Waals surface area contributed by atoms with Gasteiger partial charge < -0.3 is 8.98 Å². The van der Waals surface area contributed by atoms with Crippen LogP contribution in [0.25, 0.3) is 10.9 Å².